The molecule has 1 aromatic heterocycles. The number of aryl methyl sites for hydroxylation is 1. The van der Waals surface area contributed by atoms with Gasteiger partial charge in [-0.1, -0.05) is 53.7 Å². The largest absolute Gasteiger partial charge is 0.355 e. The van der Waals surface area contributed by atoms with Gasteiger partial charge in [-0.25, -0.2) is 0 Å². The number of hydrogen-bond donors (Lipinski definition) is 2. The fraction of sp³-hybridized carbons (Fsp3) is 0.370. The van der Waals surface area contributed by atoms with Gasteiger partial charge in [0.1, 0.15) is 0 Å². The van der Waals surface area contributed by atoms with Crippen LogP contribution >= 0.6 is 0 Å². The summed E-state index contributed by atoms with van der Waals surface area (Å²) in [4.78, 5) is 12.5. The minimum atomic E-state index is -0.177. The molecule has 3 aromatic rings. The molecule has 0 aliphatic heterocycles. The number of nitrogens with one attached hydrogen (secondary N) is 2. The van der Waals surface area contributed by atoms with Gasteiger partial charge in [-0.15, -0.1) is 0 Å². The third-order valence-electron chi connectivity index (χ3n) is 5.27. The predicted molar refractivity (Wildman–Crippen MR) is 134 cm³/mol. The van der Waals surface area contributed by atoms with Crippen LogP contribution in [0.1, 0.15) is 63.2 Å². The molecule has 0 fully saturated rings. The molecule has 0 unspecified atom stereocenters. The van der Waals surface area contributed by atoms with E-state index in [1.165, 1.54) is 0 Å². The van der Waals surface area contributed by atoms with E-state index >= 15 is 0 Å². The van der Waals surface area contributed by atoms with E-state index in [-0.39, 0.29) is 16.7 Å². The average Bonchev–Trinajstić information content (AvgIpc) is 3.12. The Labute approximate surface area is 196 Å². The maximum atomic E-state index is 12.5. The van der Waals surface area contributed by atoms with Gasteiger partial charge < -0.3 is 10.6 Å². The normalized spacial score (nSPS) is 11.7. The van der Waals surface area contributed by atoms with Crippen molar-refractivity contribution >= 4 is 17.3 Å². The molecule has 0 saturated heterocycles. The van der Waals surface area contributed by atoms with Gasteiger partial charge in [-0.3, -0.25) is 9.48 Å². The van der Waals surface area contributed by atoms with Gasteiger partial charge >= 0.3 is 0 Å². The van der Waals surface area contributed by atoms with E-state index in [1.54, 1.807) is 4.68 Å². The summed E-state index contributed by atoms with van der Waals surface area (Å²) >= 11 is 0. The summed E-state index contributed by atoms with van der Waals surface area (Å²) in [5.41, 5.74) is 5.60. The molecule has 172 valence electrons. The SMILES string of the molecule is Cn1nc(C(=O)NCC(C)(C)C)cc1-c1cccc(Nc2cc(C#N)cc(C(C)(C)C)c2)c1. The number of nitriles is 1. The maximum absolute atomic E-state index is 12.5. The second-order valence-electron chi connectivity index (χ2n) is 10.6. The Morgan fingerprint density at radius 1 is 1.03 bits per heavy atom. The van der Waals surface area contributed by atoms with Crippen molar-refractivity contribution in [1.82, 2.24) is 15.1 Å². The quantitative estimate of drug-likeness (QED) is 0.524. The summed E-state index contributed by atoms with van der Waals surface area (Å²) in [5.74, 6) is -0.177. The van der Waals surface area contributed by atoms with Crippen molar-refractivity contribution in [3.63, 3.8) is 0 Å². The molecule has 2 N–H and O–H groups in total. The van der Waals surface area contributed by atoms with Crippen molar-refractivity contribution in [3.8, 4) is 17.3 Å². The minimum absolute atomic E-state index is 0.00295. The second-order valence-corrected chi connectivity index (χ2v) is 10.6. The standard InChI is InChI=1S/C27H33N5O/c1-26(2,3)17-29-25(33)23-15-24(32(7)31-23)19-9-8-10-21(13-19)30-22-12-18(16-28)11-20(14-22)27(4,5)6/h8-15,30H,17H2,1-7H3,(H,29,33). The number of carbonyl (C=O) groups excluding carboxylic acids is 1. The number of benzene rings is 2. The van der Waals surface area contributed by atoms with Gasteiger partial charge in [0.15, 0.2) is 5.69 Å². The molecule has 3 rings (SSSR count). The van der Waals surface area contributed by atoms with Gasteiger partial charge in [0.25, 0.3) is 5.91 Å². The highest BCUT2D eigenvalue weighted by atomic mass is 16.1. The molecular weight excluding hydrogens is 410 g/mol. The maximum Gasteiger partial charge on any atom is 0.271 e. The highest BCUT2D eigenvalue weighted by Gasteiger charge is 2.18. The lowest BCUT2D eigenvalue weighted by Crippen LogP contribution is -2.32. The smallest absolute Gasteiger partial charge is 0.271 e. The zero-order chi connectivity index (χ0) is 24.4. The van der Waals surface area contributed by atoms with Gasteiger partial charge in [-0.05, 0) is 52.8 Å². The number of aromatic nitrogens is 2. The van der Waals surface area contributed by atoms with E-state index in [0.717, 1.165) is 28.2 Å². The first-order valence-electron chi connectivity index (χ1n) is 11.1. The molecule has 0 radical (unpaired) electrons. The molecule has 33 heavy (non-hydrogen) atoms. The molecule has 1 amide bonds. The number of rotatable bonds is 5. The predicted octanol–water partition coefficient (Wildman–Crippen LogP) is 5.78. The van der Waals surface area contributed by atoms with Gasteiger partial charge in [-0.2, -0.15) is 10.4 Å². The Morgan fingerprint density at radius 2 is 1.76 bits per heavy atom. The van der Waals surface area contributed by atoms with Crippen LogP contribution in [0.2, 0.25) is 0 Å². The van der Waals surface area contributed by atoms with Gasteiger partial charge in [0.05, 0.1) is 17.3 Å². The lowest BCUT2D eigenvalue weighted by atomic mass is 9.86. The van der Waals surface area contributed by atoms with Gasteiger partial charge in [0, 0.05) is 30.5 Å². The second kappa shape index (κ2) is 9.11. The van der Waals surface area contributed by atoms with Crippen molar-refractivity contribution in [2.24, 2.45) is 12.5 Å². The Balaban J connectivity index is 1.86. The van der Waals surface area contributed by atoms with Crippen molar-refractivity contribution in [1.29, 1.82) is 5.26 Å². The van der Waals surface area contributed by atoms with E-state index < -0.39 is 0 Å². The van der Waals surface area contributed by atoms with Crippen LogP contribution in [0.5, 0.6) is 0 Å². The van der Waals surface area contributed by atoms with Crippen LogP contribution in [0.3, 0.4) is 0 Å². The van der Waals surface area contributed by atoms with Crippen LogP contribution in [0.4, 0.5) is 11.4 Å². The summed E-state index contributed by atoms with van der Waals surface area (Å²) in [6.07, 6.45) is 0. The Hall–Kier alpha value is -3.59. The van der Waals surface area contributed by atoms with Gasteiger partial charge in [0.2, 0.25) is 0 Å². The lowest BCUT2D eigenvalue weighted by molar-refractivity contribution is 0.0933. The van der Waals surface area contributed by atoms with E-state index in [0.29, 0.717) is 17.8 Å². The van der Waals surface area contributed by atoms with Crippen LogP contribution in [-0.4, -0.2) is 22.2 Å². The van der Waals surface area contributed by atoms with Crippen LogP contribution in [0.15, 0.2) is 48.5 Å². The first-order valence-corrected chi connectivity index (χ1v) is 11.1. The van der Waals surface area contributed by atoms with E-state index in [2.05, 4.69) is 69.4 Å². The van der Waals surface area contributed by atoms with Crippen LogP contribution in [-0.2, 0) is 12.5 Å². The number of hydrogen-bond acceptors (Lipinski definition) is 4. The van der Waals surface area contributed by atoms with Crippen LogP contribution in [0, 0.1) is 16.7 Å². The highest BCUT2D eigenvalue weighted by molar-refractivity contribution is 5.93. The first kappa shape index (κ1) is 24.1. The van der Waals surface area contributed by atoms with E-state index in [1.807, 2.05) is 49.5 Å². The third kappa shape index (κ3) is 6.23. The monoisotopic (exact) mass is 443 g/mol. The molecule has 6 heteroatoms. The average molecular weight is 444 g/mol. The first-order chi connectivity index (χ1) is 15.4. The number of nitrogens with zero attached hydrogens (tertiary/aromatic N) is 3. The number of carbonyl (C=O) groups is 1. The molecule has 0 aliphatic carbocycles. The number of amides is 1. The Morgan fingerprint density at radius 3 is 2.39 bits per heavy atom. The minimum Gasteiger partial charge on any atom is -0.355 e. The summed E-state index contributed by atoms with van der Waals surface area (Å²) in [7, 11) is 1.84. The zero-order valence-electron chi connectivity index (χ0n) is 20.6. The summed E-state index contributed by atoms with van der Waals surface area (Å²) in [6.45, 7) is 13.2. The molecule has 0 aliphatic rings. The van der Waals surface area contributed by atoms with E-state index in [9.17, 15) is 10.1 Å². The molecule has 2 aromatic carbocycles. The molecule has 6 nitrogen and oxygen atoms in total. The molecule has 0 spiro atoms. The van der Waals surface area contributed by atoms with Crippen LogP contribution in [0.25, 0.3) is 11.3 Å². The molecule has 0 saturated carbocycles. The zero-order valence-corrected chi connectivity index (χ0v) is 20.6. The topological polar surface area (TPSA) is 82.7 Å². The van der Waals surface area contributed by atoms with Crippen LogP contribution < -0.4 is 10.6 Å². The highest BCUT2D eigenvalue weighted by Crippen LogP contribution is 2.30. The summed E-state index contributed by atoms with van der Waals surface area (Å²) in [6, 6.07) is 17.9. The fourth-order valence-electron chi connectivity index (χ4n) is 3.40. The molecule has 0 atom stereocenters. The third-order valence-corrected chi connectivity index (χ3v) is 5.27. The lowest BCUT2D eigenvalue weighted by Gasteiger charge is -2.21. The molecular formula is C27H33N5O. The summed E-state index contributed by atoms with van der Waals surface area (Å²) < 4.78 is 1.72. The summed E-state index contributed by atoms with van der Waals surface area (Å²) in [5, 5.41) is 20.2. The van der Waals surface area contributed by atoms with Crippen molar-refractivity contribution in [2.45, 2.75) is 47.0 Å². The fourth-order valence-corrected chi connectivity index (χ4v) is 3.40. The molecule has 0 bridgehead atoms. The van der Waals surface area contributed by atoms with Crippen molar-refractivity contribution in [2.75, 3.05) is 11.9 Å². The van der Waals surface area contributed by atoms with E-state index in [4.69, 9.17) is 0 Å². The van der Waals surface area contributed by atoms with Crippen molar-refractivity contribution in [3.05, 3.63) is 65.4 Å². The van der Waals surface area contributed by atoms with Crippen molar-refractivity contribution < 1.29 is 4.79 Å². The molecule has 1 heterocycles. The number of anilines is 2. The Kier molecular flexibility index (Phi) is 6.64. The Bertz CT molecular complexity index is 1200.